The molecular weight excluding hydrogens is 338 g/mol. The van der Waals surface area contributed by atoms with E-state index in [9.17, 15) is 9.59 Å². The van der Waals surface area contributed by atoms with E-state index in [1.54, 1.807) is 27.7 Å². The van der Waals surface area contributed by atoms with E-state index in [0.29, 0.717) is 5.69 Å². The van der Waals surface area contributed by atoms with Gasteiger partial charge in [0.2, 0.25) is 6.23 Å². The molecule has 1 heterocycles. The highest BCUT2D eigenvalue weighted by Crippen LogP contribution is 2.25. The molecule has 2 N–H and O–H groups in total. The van der Waals surface area contributed by atoms with Crippen LogP contribution in [-0.2, 0) is 19.0 Å². The van der Waals surface area contributed by atoms with Crippen LogP contribution >= 0.6 is 11.6 Å². The molecule has 0 aliphatic carbocycles. The third-order valence-corrected chi connectivity index (χ3v) is 2.74. The standard InChI is InChI=1S/C15H22ClN3O5/c1-6-23-13(20)12(22-5)18-10-8-17-11(16)7-9(10)19-14(21)24-15(2,3)4/h7-8,12,18H,6H2,1-5H3,(H,17,19,21). The molecule has 1 atom stereocenters. The number of amides is 1. The van der Waals surface area contributed by atoms with E-state index in [1.807, 2.05) is 0 Å². The topological polar surface area (TPSA) is 98.8 Å². The number of nitrogens with one attached hydrogen (secondary N) is 2. The highest BCUT2D eigenvalue weighted by molar-refractivity contribution is 6.29. The summed E-state index contributed by atoms with van der Waals surface area (Å²) in [6.07, 6.45) is -0.370. The molecule has 134 valence electrons. The number of nitrogens with zero attached hydrogens (tertiary/aromatic N) is 1. The minimum atomic E-state index is -1.06. The number of rotatable bonds is 6. The molecule has 0 fully saturated rings. The van der Waals surface area contributed by atoms with E-state index in [2.05, 4.69) is 15.6 Å². The number of esters is 1. The zero-order valence-corrected chi connectivity index (χ0v) is 15.1. The van der Waals surface area contributed by atoms with Gasteiger partial charge in [0.05, 0.1) is 24.2 Å². The number of methoxy groups -OCH3 is 1. The number of hydrogen-bond acceptors (Lipinski definition) is 7. The number of carbonyl (C=O) groups is 2. The fraction of sp³-hybridized carbons (Fsp3) is 0.533. The van der Waals surface area contributed by atoms with Crippen LogP contribution in [0, 0.1) is 0 Å². The maximum atomic E-state index is 11.9. The van der Waals surface area contributed by atoms with Crippen LogP contribution in [0.5, 0.6) is 0 Å². The molecule has 0 aliphatic rings. The summed E-state index contributed by atoms with van der Waals surface area (Å²) in [6.45, 7) is 7.12. The maximum absolute atomic E-state index is 11.9. The first kappa shape index (κ1) is 20.0. The third kappa shape index (κ3) is 6.59. The summed E-state index contributed by atoms with van der Waals surface area (Å²) in [4.78, 5) is 27.7. The Balaban J connectivity index is 2.95. The van der Waals surface area contributed by atoms with Crippen molar-refractivity contribution in [3.8, 4) is 0 Å². The van der Waals surface area contributed by atoms with Gasteiger partial charge in [-0.25, -0.2) is 14.6 Å². The Morgan fingerprint density at radius 2 is 2.00 bits per heavy atom. The number of carbonyl (C=O) groups excluding carboxylic acids is 2. The van der Waals surface area contributed by atoms with Gasteiger partial charge in [0.15, 0.2) is 0 Å². The molecule has 1 aromatic rings. The van der Waals surface area contributed by atoms with Crippen LogP contribution in [0.4, 0.5) is 16.2 Å². The normalized spacial score (nSPS) is 12.2. The number of pyridine rings is 1. The van der Waals surface area contributed by atoms with Gasteiger partial charge in [0, 0.05) is 13.2 Å². The van der Waals surface area contributed by atoms with Crippen molar-refractivity contribution in [3.05, 3.63) is 17.4 Å². The maximum Gasteiger partial charge on any atom is 0.412 e. The van der Waals surface area contributed by atoms with Gasteiger partial charge in [-0.2, -0.15) is 0 Å². The monoisotopic (exact) mass is 359 g/mol. The highest BCUT2D eigenvalue weighted by Gasteiger charge is 2.22. The van der Waals surface area contributed by atoms with Gasteiger partial charge < -0.3 is 19.5 Å². The van der Waals surface area contributed by atoms with Crippen LogP contribution in [0.2, 0.25) is 5.15 Å². The molecule has 0 aliphatic heterocycles. The smallest absolute Gasteiger partial charge is 0.412 e. The SMILES string of the molecule is CCOC(=O)C(Nc1cnc(Cl)cc1NC(=O)OC(C)(C)C)OC. The molecule has 0 radical (unpaired) electrons. The van der Waals surface area contributed by atoms with Crippen molar-refractivity contribution >= 4 is 35.0 Å². The van der Waals surface area contributed by atoms with Crippen LogP contribution in [0.15, 0.2) is 12.3 Å². The number of ether oxygens (including phenoxy) is 3. The van der Waals surface area contributed by atoms with Crippen molar-refractivity contribution in [2.75, 3.05) is 24.4 Å². The van der Waals surface area contributed by atoms with Gasteiger partial charge >= 0.3 is 12.1 Å². The number of hydrogen-bond donors (Lipinski definition) is 2. The van der Waals surface area contributed by atoms with E-state index in [0.717, 1.165) is 0 Å². The summed E-state index contributed by atoms with van der Waals surface area (Å²) in [5.41, 5.74) is -0.0464. The summed E-state index contributed by atoms with van der Waals surface area (Å²) >= 11 is 5.86. The molecule has 0 saturated heterocycles. The van der Waals surface area contributed by atoms with E-state index in [4.69, 9.17) is 25.8 Å². The second kappa shape index (κ2) is 8.70. The molecule has 0 bridgehead atoms. The van der Waals surface area contributed by atoms with Crippen molar-refractivity contribution in [2.45, 2.75) is 39.5 Å². The van der Waals surface area contributed by atoms with E-state index in [-0.39, 0.29) is 17.4 Å². The largest absolute Gasteiger partial charge is 0.463 e. The Kier molecular flexibility index (Phi) is 7.24. The average Bonchev–Trinajstić information content (AvgIpc) is 2.44. The summed E-state index contributed by atoms with van der Waals surface area (Å²) in [5.74, 6) is -0.599. The van der Waals surface area contributed by atoms with Gasteiger partial charge in [0.25, 0.3) is 0 Å². The van der Waals surface area contributed by atoms with E-state index in [1.165, 1.54) is 19.4 Å². The molecule has 9 heteroatoms. The Morgan fingerprint density at radius 1 is 1.33 bits per heavy atom. The van der Waals surface area contributed by atoms with Gasteiger partial charge in [0.1, 0.15) is 10.8 Å². The van der Waals surface area contributed by atoms with Crippen molar-refractivity contribution in [2.24, 2.45) is 0 Å². The molecule has 1 rings (SSSR count). The first-order valence-corrected chi connectivity index (χ1v) is 7.65. The molecule has 1 amide bonds. The Labute approximate surface area is 145 Å². The molecule has 0 spiro atoms. The van der Waals surface area contributed by atoms with Crippen LogP contribution in [-0.4, -0.2) is 42.6 Å². The van der Waals surface area contributed by atoms with Gasteiger partial charge in [-0.3, -0.25) is 5.32 Å². The lowest BCUT2D eigenvalue weighted by atomic mass is 10.2. The quantitative estimate of drug-likeness (QED) is 0.457. The van der Waals surface area contributed by atoms with Gasteiger partial charge in [-0.15, -0.1) is 0 Å². The predicted molar refractivity (Wildman–Crippen MR) is 90.2 cm³/mol. The fourth-order valence-electron chi connectivity index (χ4n) is 1.64. The zero-order valence-electron chi connectivity index (χ0n) is 14.3. The first-order chi connectivity index (χ1) is 11.2. The second-order valence-corrected chi connectivity index (χ2v) is 6.08. The number of aromatic nitrogens is 1. The second-order valence-electron chi connectivity index (χ2n) is 5.69. The summed E-state index contributed by atoms with van der Waals surface area (Å²) in [7, 11) is 1.35. The zero-order chi connectivity index (χ0) is 18.3. The molecule has 0 saturated carbocycles. The average molecular weight is 360 g/mol. The minimum Gasteiger partial charge on any atom is -0.463 e. The van der Waals surface area contributed by atoms with Crippen LogP contribution in [0.3, 0.4) is 0 Å². The lowest BCUT2D eigenvalue weighted by Crippen LogP contribution is -2.34. The van der Waals surface area contributed by atoms with Gasteiger partial charge in [-0.1, -0.05) is 11.6 Å². The molecule has 1 aromatic heterocycles. The first-order valence-electron chi connectivity index (χ1n) is 7.27. The Morgan fingerprint density at radius 3 is 2.54 bits per heavy atom. The molecule has 0 aromatic carbocycles. The summed E-state index contributed by atoms with van der Waals surface area (Å²) in [6, 6.07) is 1.42. The Hall–Kier alpha value is -2.06. The van der Waals surface area contributed by atoms with Crippen molar-refractivity contribution in [1.29, 1.82) is 0 Å². The number of halogens is 1. The molecule has 8 nitrogen and oxygen atoms in total. The lowest BCUT2D eigenvalue weighted by molar-refractivity contribution is -0.153. The van der Waals surface area contributed by atoms with Crippen molar-refractivity contribution in [3.63, 3.8) is 0 Å². The summed E-state index contributed by atoms with van der Waals surface area (Å²) in [5, 5.41) is 5.51. The van der Waals surface area contributed by atoms with Crippen LogP contribution < -0.4 is 10.6 Å². The predicted octanol–water partition coefficient (Wildman–Crippen LogP) is 3.03. The molecule has 1 unspecified atom stereocenters. The van der Waals surface area contributed by atoms with Crippen LogP contribution in [0.25, 0.3) is 0 Å². The van der Waals surface area contributed by atoms with E-state index >= 15 is 0 Å². The fourth-order valence-corrected chi connectivity index (χ4v) is 1.79. The molecule has 24 heavy (non-hydrogen) atoms. The third-order valence-electron chi connectivity index (χ3n) is 2.53. The number of anilines is 2. The van der Waals surface area contributed by atoms with Crippen molar-refractivity contribution in [1.82, 2.24) is 4.98 Å². The van der Waals surface area contributed by atoms with E-state index < -0.39 is 23.9 Å². The van der Waals surface area contributed by atoms with Gasteiger partial charge in [-0.05, 0) is 27.7 Å². The van der Waals surface area contributed by atoms with Crippen molar-refractivity contribution < 1.29 is 23.8 Å². The van der Waals surface area contributed by atoms with Crippen LogP contribution in [0.1, 0.15) is 27.7 Å². The Bertz CT molecular complexity index is 589. The highest BCUT2D eigenvalue weighted by atomic mass is 35.5. The molecular formula is C15H22ClN3O5. The summed E-state index contributed by atoms with van der Waals surface area (Å²) < 4.78 is 15.1. The lowest BCUT2D eigenvalue weighted by Gasteiger charge is -2.22. The minimum absolute atomic E-state index is 0.164.